The first-order valence-corrected chi connectivity index (χ1v) is 8.86. The summed E-state index contributed by atoms with van der Waals surface area (Å²) in [6.45, 7) is 4.04. The third-order valence-electron chi connectivity index (χ3n) is 3.20. The topological polar surface area (TPSA) is 120 Å². The van der Waals surface area contributed by atoms with Gasteiger partial charge in [0.05, 0.1) is 5.01 Å². The molecular weight excluding hydrogens is 356 g/mol. The van der Waals surface area contributed by atoms with E-state index < -0.39 is 5.97 Å². The Morgan fingerprint density at radius 3 is 2.69 bits per heavy atom. The summed E-state index contributed by atoms with van der Waals surface area (Å²) in [5.41, 5.74) is 0.939. The molecule has 138 valence electrons. The van der Waals surface area contributed by atoms with Gasteiger partial charge in [-0.05, 0) is 32.0 Å². The van der Waals surface area contributed by atoms with Gasteiger partial charge in [0, 0.05) is 35.6 Å². The zero-order valence-electron chi connectivity index (χ0n) is 14.4. The molecule has 0 spiro atoms. The van der Waals surface area contributed by atoms with Gasteiger partial charge in [-0.3, -0.25) is 4.79 Å². The number of anilines is 1. The minimum Gasteiger partial charge on any atom is -0.476 e. The molecule has 0 aliphatic rings. The van der Waals surface area contributed by atoms with Crippen molar-refractivity contribution in [2.24, 2.45) is 0 Å². The molecule has 1 aromatic carbocycles. The van der Waals surface area contributed by atoms with Crippen LogP contribution in [0.3, 0.4) is 0 Å². The lowest BCUT2D eigenvalue weighted by Gasteiger charge is -2.11. The van der Waals surface area contributed by atoms with Crippen LogP contribution in [0.15, 0.2) is 29.6 Å². The number of amides is 3. The summed E-state index contributed by atoms with van der Waals surface area (Å²) in [6, 6.07) is 6.28. The molecule has 0 aliphatic heterocycles. The Hall–Kier alpha value is -2.94. The van der Waals surface area contributed by atoms with Gasteiger partial charge in [0.25, 0.3) is 5.91 Å². The van der Waals surface area contributed by atoms with Gasteiger partial charge in [-0.15, -0.1) is 11.3 Å². The van der Waals surface area contributed by atoms with E-state index in [0.29, 0.717) is 29.2 Å². The summed E-state index contributed by atoms with van der Waals surface area (Å²) in [5, 5.41) is 19.1. The summed E-state index contributed by atoms with van der Waals surface area (Å²) >= 11 is 1.24. The molecule has 2 rings (SSSR count). The van der Waals surface area contributed by atoms with Crippen LogP contribution in [0.5, 0.6) is 0 Å². The fourth-order valence-electron chi connectivity index (χ4n) is 2.08. The van der Waals surface area contributed by atoms with Gasteiger partial charge in [0.1, 0.15) is 0 Å². The number of benzene rings is 1. The van der Waals surface area contributed by atoms with E-state index in [0.717, 1.165) is 0 Å². The molecular formula is C17H20N4O4S. The summed E-state index contributed by atoms with van der Waals surface area (Å²) in [5.74, 6) is -1.35. The second-order valence-corrected chi connectivity index (χ2v) is 6.71. The lowest BCUT2D eigenvalue weighted by atomic mass is 10.2. The van der Waals surface area contributed by atoms with Gasteiger partial charge < -0.3 is 21.1 Å². The average Bonchev–Trinajstić information content (AvgIpc) is 3.03. The first-order valence-electron chi connectivity index (χ1n) is 7.98. The fourth-order valence-corrected chi connectivity index (χ4v) is 2.85. The number of carboxylic acid groups (broad SMARTS) is 1. The molecule has 4 N–H and O–H groups in total. The van der Waals surface area contributed by atoms with E-state index in [-0.39, 0.29) is 23.7 Å². The number of hydrogen-bond donors (Lipinski definition) is 4. The van der Waals surface area contributed by atoms with Crippen LogP contribution >= 0.6 is 11.3 Å². The Morgan fingerprint density at radius 1 is 1.27 bits per heavy atom. The highest BCUT2D eigenvalue weighted by Crippen LogP contribution is 2.12. The lowest BCUT2D eigenvalue weighted by molar-refractivity contribution is 0.0690. The van der Waals surface area contributed by atoms with E-state index in [1.54, 1.807) is 24.3 Å². The van der Waals surface area contributed by atoms with Gasteiger partial charge in [0.2, 0.25) is 0 Å². The SMILES string of the molecule is CC(C)NC(=O)Nc1cccc(C(=O)NCCc2nc(C(=O)O)cs2)c1. The number of nitrogens with one attached hydrogen (secondary N) is 3. The third-order valence-corrected chi connectivity index (χ3v) is 4.11. The van der Waals surface area contributed by atoms with E-state index >= 15 is 0 Å². The summed E-state index contributed by atoms with van der Waals surface area (Å²) in [4.78, 5) is 38.7. The second kappa shape index (κ2) is 8.95. The maximum absolute atomic E-state index is 12.2. The van der Waals surface area contributed by atoms with Crippen molar-refractivity contribution < 1.29 is 19.5 Å². The van der Waals surface area contributed by atoms with E-state index in [9.17, 15) is 14.4 Å². The highest BCUT2D eigenvalue weighted by molar-refractivity contribution is 7.09. The van der Waals surface area contributed by atoms with Gasteiger partial charge in [-0.2, -0.15) is 0 Å². The molecule has 0 radical (unpaired) electrons. The number of carbonyl (C=O) groups excluding carboxylic acids is 2. The van der Waals surface area contributed by atoms with Gasteiger partial charge >= 0.3 is 12.0 Å². The second-order valence-electron chi connectivity index (χ2n) is 5.77. The van der Waals surface area contributed by atoms with Crippen LogP contribution in [0.2, 0.25) is 0 Å². The number of urea groups is 1. The highest BCUT2D eigenvalue weighted by atomic mass is 32.1. The van der Waals surface area contributed by atoms with Gasteiger partial charge in [-0.1, -0.05) is 6.07 Å². The lowest BCUT2D eigenvalue weighted by Crippen LogP contribution is -2.34. The van der Waals surface area contributed by atoms with Crippen molar-refractivity contribution in [2.75, 3.05) is 11.9 Å². The molecule has 0 aliphatic carbocycles. The van der Waals surface area contributed by atoms with E-state index in [1.807, 2.05) is 13.8 Å². The quantitative estimate of drug-likeness (QED) is 0.591. The fraction of sp³-hybridized carbons (Fsp3) is 0.294. The van der Waals surface area contributed by atoms with Crippen molar-refractivity contribution in [3.63, 3.8) is 0 Å². The van der Waals surface area contributed by atoms with Crippen molar-refractivity contribution in [3.05, 3.63) is 45.9 Å². The van der Waals surface area contributed by atoms with Gasteiger partial charge in [0.15, 0.2) is 5.69 Å². The van der Waals surface area contributed by atoms with Crippen molar-refractivity contribution in [3.8, 4) is 0 Å². The molecule has 0 bridgehead atoms. The zero-order chi connectivity index (χ0) is 19.1. The largest absolute Gasteiger partial charge is 0.476 e. The molecule has 0 unspecified atom stereocenters. The van der Waals surface area contributed by atoms with Gasteiger partial charge in [-0.25, -0.2) is 14.6 Å². The van der Waals surface area contributed by atoms with E-state index in [2.05, 4.69) is 20.9 Å². The van der Waals surface area contributed by atoms with Crippen LogP contribution in [-0.4, -0.2) is 40.6 Å². The zero-order valence-corrected chi connectivity index (χ0v) is 15.2. The Bertz CT molecular complexity index is 804. The Morgan fingerprint density at radius 2 is 2.04 bits per heavy atom. The minimum absolute atomic E-state index is 0.00832. The third kappa shape index (κ3) is 5.85. The van der Waals surface area contributed by atoms with Crippen LogP contribution in [-0.2, 0) is 6.42 Å². The van der Waals surface area contributed by atoms with Crippen molar-refractivity contribution >= 4 is 34.9 Å². The molecule has 0 saturated heterocycles. The van der Waals surface area contributed by atoms with Crippen LogP contribution in [0.1, 0.15) is 39.7 Å². The number of carbonyl (C=O) groups is 3. The molecule has 0 saturated carbocycles. The predicted octanol–water partition coefficient (Wildman–Crippen LogP) is 2.34. The van der Waals surface area contributed by atoms with Crippen molar-refractivity contribution in [1.82, 2.24) is 15.6 Å². The van der Waals surface area contributed by atoms with Crippen LogP contribution in [0.25, 0.3) is 0 Å². The molecule has 1 heterocycles. The maximum atomic E-state index is 12.2. The van der Waals surface area contributed by atoms with Crippen molar-refractivity contribution in [2.45, 2.75) is 26.3 Å². The molecule has 0 fully saturated rings. The number of aromatic carboxylic acids is 1. The Balaban J connectivity index is 1.87. The maximum Gasteiger partial charge on any atom is 0.355 e. The minimum atomic E-state index is -1.07. The normalized spacial score (nSPS) is 10.4. The number of aromatic nitrogens is 1. The first kappa shape index (κ1) is 19.4. The smallest absolute Gasteiger partial charge is 0.355 e. The van der Waals surface area contributed by atoms with Crippen LogP contribution in [0.4, 0.5) is 10.5 Å². The summed E-state index contributed by atoms with van der Waals surface area (Å²) in [7, 11) is 0. The molecule has 9 heteroatoms. The molecule has 0 atom stereocenters. The predicted molar refractivity (Wildman–Crippen MR) is 98.8 cm³/mol. The molecule has 3 amide bonds. The molecule has 1 aromatic heterocycles. The number of nitrogens with zero attached hydrogens (tertiary/aromatic N) is 1. The average molecular weight is 376 g/mol. The number of rotatable bonds is 7. The molecule has 26 heavy (non-hydrogen) atoms. The Labute approximate surface area is 154 Å². The number of carboxylic acids is 1. The van der Waals surface area contributed by atoms with E-state index in [4.69, 9.17) is 5.11 Å². The van der Waals surface area contributed by atoms with E-state index in [1.165, 1.54) is 16.7 Å². The number of thiazole rings is 1. The van der Waals surface area contributed by atoms with Crippen molar-refractivity contribution in [1.29, 1.82) is 0 Å². The summed E-state index contributed by atoms with van der Waals surface area (Å²) in [6.07, 6.45) is 0.443. The Kier molecular flexibility index (Phi) is 6.67. The monoisotopic (exact) mass is 376 g/mol. The highest BCUT2D eigenvalue weighted by Gasteiger charge is 2.10. The summed E-state index contributed by atoms with van der Waals surface area (Å²) < 4.78 is 0. The standard InChI is InChI=1S/C17H20N4O4S/c1-10(2)19-17(25)20-12-5-3-4-11(8-12)15(22)18-7-6-14-21-13(9-26-14)16(23)24/h3-5,8-10H,6-7H2,1-2H3,(H,18,22)(H,23,24)(H2,19,20,25). The van der Waals surface area contributed by atoms with Crippen LogP contribution in [0, 0.1) is 0 Å². The molecule has 2 aromatic rings. The van der Waals surface area contributed by atoms with Crippen LogP contribution < -0.4 is 16.0 Å². The number of hydrogen-bond acceptors (Lipinski definition) is 5. The first-order chi connectivity index (χ1) is 12.3. The molecule has 8 nitrogen and oxygen atoms in total.